The number of carboxylic acids is 1. The van der Waals surface area contributed by atoms with Crippen LogP contribution in [0.5, 0.6) is 0 Å². The molecule has 0 aromatic rings. The highest BCUT2D eigenvalue weighted by atomic mass is 16.4. The number of carbonyl (C=O) groups is 3. The van der Waals surface area contributed by atoms with Crippen LogP contribution < -0.4 is 11.5 Å². The number of ketones is 1. The summed E-state index contributed by atoms with van der Waals surface area (Å²) in [6.45, 7) is 1.07. The van der Waals surface area contributed by atoms with E-state index < -0.39 is 29.6 Å². The van der Waals surface area contributed by atoms with Crippen LogP contribution in [0, 0.1) is 5.92 Å². The van der Waals surface area contributed by atoms with Gasteiger partial charge in [-0.05, 0) is 6.92 Å². The summed E-state index contributed by atoms with van der Waals surface area (Å²) in [5.74, 6) is -4.52. The van der Waals surface area contributed by atoms with E-state index in [0.29, 0.717) is 0 Å². The maximum Gasteiger partial charge on any atom is 0.321 e. The van der Waals surface area contributed by atoms with Crippen LogP contribution in [0.25, 0.3) is 0 Å². The van der Waals surface area contributed by atoms with Gasteiger partial charge in [0.25, 0.3) is 0 Å². The average molecular weight is 174 g/mol. The fraction of sp³-hybridized carbons (Fsp3) is 0.500. The summed E-state index contributed by atoms with van der Waals surface area (Å²) < 4.78 is 0. The Labute approximate surface area is 68.5 Å². The monoisotopic (exact) mass is 174 g/mol. The van der Waals surface area contributed by atoms with Gasteiger partial charge >= 0.3 is 5.97 Å². The lowest BCUT2D eigenvalue weighted by Gasteiger charge is -2.13. The van der Waals surface area contributed by atoms with E-state index in [2.05, 4.69) is 0 Å². The van der Waals surface area contributed by atoms with Gasteiger partial charge in [-0.15, -0.1) is 0 Å². The standard InChI is InChI=1S/C6H10N2O4/c1-2(9)3(5(8)10)4(7)6(11)12/h3-4H,7H2,1H3,(H2,8,10)(H,11,12). The van der Waals surface area contributed by atoms with E-state index in [4.69, 9.17) is 16.6 Å². The Morgan fingerprint density at radius 3 is 1.83 bits per heavy atom. The zero-order valence-corrected chi connectivity index (χ0v) is 6.48. The first-order valence-electron chi connectivity index (χ1n) is 3.16. The Balaban J connectivity index is 4.63. The largest absolute Gasteiger partial charge is 0.480 e. The molecule has 12 heavy (non-hydrogen) atoms. The molecule has 0 heterocycles. The SMILES string of the molecule is CC(=O)C(C(N)=O)C(N)C(=O)O. The quantitative estimate of drug-likeness (QED) is 0.429. The molecule has 0 saturated heterocycles. The lowest BCUT2D eigenvalue weighted by Crippen LogP contribution is -2.47. The second kappa shape index (κ2) is 3.82. The first kappa shape index (κ1) is 10.6. The third-order valence-corrected chi connectivity index (χ3v) is 1.39. The Morgan fingerprint density at radius 2 is 1.75 bits per heavy atom. The average Bonchev–Trinajstić information content (AvgIpc) is 1.85. The van der Waals surface area contributed by atoms with Crippen molar-refractivity contribution in [1.29, 1.82) is 0 Å². The van der Waals surface area contributed by atoms with E-state index in [1.807, 2.05) is 0 Å². The van der Waals surface area contributed by atoms with Crippen molar-refractivity contribution in [1.82, 2.24) is 0 Å². The first-order valence-corrected chi connectivity index (χ1v) is 3.16. The van der Waals surface area contributed by atoms with E-state index >= 15 is 0 Å². The van der Waals surface area contributed by atoms with Crippen molar-refractivity contribution in [3.8, 4) is 0 Å². The Hall–Kier alpha value is -1.43. The van der Waals surface area contributed by atoms with Gasteiger partial charge in [-0.1, -0.05) is 0 Å². The molecular formula is C6H10N2O4. The number of carboxylic acid groups (broad SMARTS) is 1. The summed E-state index contributed by atoms with van der Waals surface area (Å²) in [5.41, 5.74) is 9.81. The lowest BCUT2D eigenvalue weighted by molar-refractivity contribution is -0.145. The minimum atomic E-state index is -1.56. The van der Waals surface area contributed by atoms with Gasteiger partial charge in [-0.3, -0.25) is 14.4 Å². The number of nitrogens with two attached hydrogens (primary N) is 2. The fourth-order valence-electron chi connectivity index (χ4n) is 0.773. The molecule has 68 valence electrons. The molecule has 2 atom stereocenters. The second-order valence-corrected chi connectivity index (χ2v) is 2.35. The predicted molar refractivity (Wildman–Crippen MR) is 39.0 cm³/mol. The number of aliphatic carboxylic acids is 1. The highest BCUT2D eigenvalue weighted by Gasteiger charge is 2.32. The molecule has 0 saturated carbocycles. The minimum absolute atomic E-state index is 0.641. The second-order valence-electron chi connectivity index (χ2n) is 2.35. The van der Waals surface area contributed by atoms with Crippen LogP contribution >= 0.6 is 0 Å². The lowest BCUT2D eigenvalue weighted by atomic mass is 9.96. The summed E-state index contributed by atoms with van der Waals surface area (Å²) >= 11 is 0. The highest BCUT2D eigenvalue weighted by molar-refractivity contribution is 6.03. The molecule has 0 rings (SSSR count). The van der Waals surface area contributed by atoms with Gasteiger partial charge in [-0.25, -0.2) is 0 Å². The van der Waals surface area contributed by atoms with E-state index in [1.165, 1.54) is 0 Å². The number of carbonyl (C=O) groups excluding carboxylic acids is 2. The zero-order valence-electron chi connectivity index (χ0n) is 6.48. The molecule has 0 aliphatic rings. The number of hydrogen-bond donors (Lipinski definition) is 3. The highest BCUT2D eigenvalue weighted by Crippen LogP contribution is 2.02. The number of rotatable bonds is 4. The van der Waals surface area contributed by atoms with Crippen LogP contribution in [0.2, 0.25) is 0 Å². The van der Waals surface area contributed by atoms with Gasteiger partial charge in [0, 0.05) is 0 Å². The van der Waals surface area contributed by atoms with E-state index in [0.717, 1.165) is 6.92 Å². The molecule has 5 N–H and O–H groups in total. The molecule has 0 aliphatic carbocycles. The van der Waals surface area contributed by atoms with Gasteiger partial charge in [0.15, 0.2) is 0 Å². The van der Waals surface area contributed by atoms with Crippen molar-refractivity contribution in [3.05, 3.63) is 0 Å². The molecule has 0 fully saturated rings. The van der Waals surface area contributed by atoms with Crippen molar-refractivity contribution in [2.75, 3.05) is 0 Å². The Bertz CT molecular complexity index is 212. The van der Waals surface area contributed by atoms with Crippen LogP contribution in [0.15, 0.2) is 0 Å². The van der Waals surface area contributed by atoms with Crippen LogP contribution in [0.1, 0.15) is 6.92 Å². The molecule has 1 amide bonds. The van der Waals surface area contributed by atoms with Crippen molar-refractivity contribution in [2.45, 2.75) is 13.0 Å². The molecular weight excluding hydrogens is 164 g/mol. The molecule has 6 heteroatoms. The third kappa shape index (κ3) is 2.31. The summed E-state index contributed by atoms with van der Waals surface area (Å²) in [7, 11) is 0. The van der Waals surface area contributed by atoms with Crippen molar-refractivity contribution >= 4 is 17.7 Å². The van der Waals surface area contributed by atoms with Crippen LogP contribution in [-0.4, -0.2) is 28.8 Å². The number of Topliss-reactive ketones (excluding diaryl/α,β-unsaturated/α-hetero) is 1. The number of amides is 1. The smallest absolute Gasteiger partial charge is 0.321 e. The fourth-order valence-corrected chi connectivity index (χ4v) is 0.773. The summed E-state index contributed by atoms with van der Waals surface area (Å²) in [4.78, 5) is 31.5. The summed E-state index contributed by atoms with van der Waals surface area (Å²) in [6.07, 6.45) is 0. The molecule has 0 bridgehead atoms. The maximum atomic E-state index is 10.7. The van der Waals surface area contributed by atoms with Crippen LogP contribution in [0.4, 0.5) is 0 Å². The Kier molecular flexibility index (Phi) is 3.36. The molecule has 0 spiro atoms. The van der Waals surface area contributed by atoms with Gasteiger partial charge in [0.1, 0.15) is 17.7 Å². The maximum absolute atomic E-state index is 10.7. The minimum Gasteiger partial charge on any atom is -0.480 e. The molecule has 2 unspecified atom stereocenters. The topological polar surface area (TPSA) is 123 Å². The van der Waals surface area contributed by atoms with Crippen molar-refractivity contribution in [2.24, 2.45) is 17.4 Å². The Morgan fingerprint density at radius 1 is 1.33 bits per heavy atom. The number of primary amides is 1. The summed E-state index contributed by atoms with van der Waals surface area (Å²) in [6, 6.07) is -1.56. The zero-order chi connectivity index (χ0) is 9.89. The normalized spacial score (nSPS) is 14.8. The molecule has 0 aromatic heterocycles. The van der Waals surface area contributed by atoms with Gasteiger partial charge in [0.2, 0.25) is 5.91 Å². The summed E-state index contributed by atoms with van der Waals surface area (Å²) in [5, 5.41) is 8.37. The van der Waals surface area contributed by atoms with Gasteiger partial charge in [0.05, 0.1) is 0 Å². The first-order chi connectivity index (χ1) is 5.37. The van der Waals surface area contributed by atoms with Crippen LogP contribution in [0.3, 0.4) is 0 Å². The van der Waals surface area contributed by atoms with E-state index in [-0.39, 0.29) is 0 Å². The van der Waals surface area contributed by atoms with Gasteiger partial charge in [-0.2, -0.15) is 0 Å². The van der Waals surface area contributed by atoms with Crippen molar-refractivity contribution in [3.63, 3.8) is 0 Å². The molecule has 0 aromatic carbocycles. The third-order valence-electron chi connectivity index (χ3n) is 1.39. The van der Waals surface area contributed by atoms with E-state index in [9.17, 15) is 14.4 Å². The number of hydrogen-bond acceptors (Lipinski definition) is 4. The van der Waals surface area contributed by atoms with Gasteiger partial charge < -0.3 is 16.6 Å². The molecule has 0 radical (unpaired) electrons. The van der Waals surface area contributed by atoms with Crippen molar-refractivity contribution < 1.29 is 19.5 Å². The molecule has 6 nitrogen and oxygen atoms in total. The van der Waals surface area contributed by atoms with Crippen LogP contribution in [-0.2, 0) is 14.4 Å². The molecule has 0 aliphatic heterocycles. The van der Waals surface area contributed by atoms with E-state index in [1.54, 1.807) is 0 Å². The predicted octanol–water partition coefficient (Wildman–Crippen LogP) is -1.91.